The van der Waals surface area contributed by atoms with E-state index in [4.69, 9.17) is 9.47 Å². The molecule has 0 fully saturated rings. The predicted molar refractivity (Wildman–Crippen MR) is 175 cm³/mol. The van der Waals surface area contributed by atoms with Gasteiger partial charge in [-0.15, -0.1) is 0 Å². The first-order valence-corrected chi connectivity index (χ1v) is 32.6. The van der Waals surface area contributed by atoms with Crippen molar-refractivity contribution in [1.29, 1.82) is 0 Å². The predicted octanol–water partition coefficient (Wildman–Crippen LogP) is 8.28. The van der Waals surface area contributed by atoms with Crippen molar-refractivity contribution in [2.75, 3.05) is 0 Å². The molecule has 0 bridgehead atoms. The summed E-state index contributed by atoms with van der Waals surface area (Å²) in [5, 5.41) is 0. The maximum absolute atomic E-state index is 11.7. The molecule has 13 heteroatoms. The number of Topliss-reactive ketones (excluding diaryl/α,β-unsaturated/α-hetero) is 2. The zero-order valence-electron chi connectivity index (χ0n) is 20.8. The summed E-state index contributed by atoms with van der Waals surface area (Å²) in [5.41, 5.74) is 0.309. The average Bonchev–Trinajstić information content (AvgIpc) is 2.63. The van der Waals surface area contributed by atoms with Crippen LogP contribution in [0, 0.1) is 10.8 Å². The second kappa shape index (κ2) is 19.4. The van der Waals surface area contributed by atoms with E-state index in [1.165, 1.54) is 13.8 Å². The summed E-state index contributed by atoms with van der Waals surface area (Å²) in [4.78, 5) is 44.5. The molecule has 2 aliphatic rings. The van der Waals surface area contributed by atoms with Gasteiger partial charge in [0.05, 0.1) is 0 Å². The number of halogens is 5. The molecule has 199 valence electrons. The number of carbonyl (C=O) groups is 4. The molecule has 0 saturated heterocycles. The Morgan fingerprint density at radius 1 is 0.971 bits per heavy atom. The van der Waals surface area contributed by atoms with Crippen LogP contribution >= 0.6 is 99.9 Å². The summed E-state index contributed by atoms with van der Waals surface area (Å²) in [6.07, 6.45) is 5.32. The summed E-state index contributed by atoms with van der Waals surface area (Å²) in [5.74, 6) is -0.0106. The quantitative estimate of drug-likeness (QED) is 0.205. The third kappa shape index (κ3) is 18.3. The van der Waals surface area contributed by atoms with E-state index < -0.39 is 10.8 Å². The molecule has 1 atom stereocenters. The zero-order chi connectivity index (χ0) is 28.1. The molecule has 2 rings (SSSR count). The van der Waals surface area contributed by atoms with Crippen LogP contribution in [0.1, 0.15) is 61.8 Å². The SMILES string of the molecule is CC(=O)OC1=CC(C)(C)C(=O)C(C)=C1.CC(=O)OC1C=C(C)C(=O)C(C)(C)C1.[I][V]([I])[I].[I][V][I]. The van der Waals surface area contributed by atoms with Crippen LogP contribution < -0.4 is 0 Å². The number of hydrogen-bond donors (Lipinski definition) is 0. The number of allylic oxidation sites excluding steroid dienone is 4. The van der Waals surface area contributed by atoms with E-state index in [0.717, 1.165) is 0 Å². The number of ether oxygens (including phenoxy) is 2. The molecule has 2 aliphatic carbocycles. The molecule has 0 radical (unpaired) electrons. The van der Waals surface area contributed by atoms with Crippen LogP contribution in [0.15, 0.2) is 35.1 Å². The maximum atomic E-state index is 11.7. The van der Waals surface area contributed by atoms with Gasteiger partial charge < -0.3 is 9.47 Å². The molecule has 0 saturated carbocycles. The molecule has 0 amide bonds. The van der Waals surface area contributed by atoms with Gasteiger partial charge >= 0.3 is 126 Å². The summed E-state index contributed by atoms with van der Waals surface area (Å²) in [7, 11) is 0.628. The van der Waals surface area contributed by atoms with Crippen LogP contribution in [-0.4, -0.2) is 29.6 Å². The summed E-state index contributed by atoms with van der Waals surface area (Å²) in [6, 6.07) is 0. The van der Waals surface area contributed by atoms with Crippen molar-refractivity contribution >= 4 is 123 Å². The standard InChI is InChI=1S/C11H16O3.C11H14O3.5HI.2V/c2*1-7-5-9(14-8(2)12)6-11(3,4)10(7)13;;;;;;;/h5,9H,6H2,1-4H3;5-6H,1-4H3;5*1H;;/q;;;;;;;+2;+3/p-5. The Hall–Kier alpha value is 2.32. The van der Waals surface area contributed by atoms with Gasteiger partial charge in [0.2, 0.25) is 0 Å². The Labute approximate surface area is 275 Å². The molecule has 0 aliphatic heterocycles. The molecule has 35 heavy (non-hydrogen) atoms. The van der Waals surface area contributed by atoms with Crippen molar-refractivity contribution < 1.29 is 43.0 Å². The van der Waals surface area contributed by atoms with Crippen molar-refractivity contribution in [1.82, 2.24) is 0 Å². The van der Waals surface area contributed by atoms with Crippen LogP contribution in [0.25, 0.3) is 0 Å². The molecular weight excluding hydrogens is 1100 g/mol. The van der Waals surface area contributed by atoms with Crippen molar-refractivity contribution in [3.05, 3.63) is 35.1 Å². The fourth-order valence-electron chi connectivity index (χ4n) is 3.31. The van der Waals surface area contributed by atoms with Gasteiger partial charge in [-0.1, -0.05) is 13.8 Å². The van der Waals surface area contributed by atoms with Crippen molar-refractivity contribution in [3.8, 4) is 0 Å². The first-order valence-electron chi connectivity index (χ1n) is 10.0. The average molecular weight is 1130 g/mol. The molecule has 0 aromatic carbocycles. The fourth-order valence-corrected chi connectivity index (χ4v) is 3.31. The Kier molecular flexibility index (Phi) is 21.9. The van der Waals surface area contributed by atoms with Crippen LogP contribution in [0.3, 0.4) is 0 Å². The molecule has 0 aromatic rings. The van der Waals surface area contributed by atoms with E-state index in [9.17, 15) is 19.2 Å². The van der Waals surface area contributed by atoms with Gasteiger partial charge in [0, 0.05) is 31.1 Å². The number of rotatable bonds is 2. The van der Waals surface area contributed by atoms with E-state index in [0.29, 0.717) is 32.8 Å². The molecule has 0 spiro atoms. The Morgan fingerprint density at radius 3 is 1.77 bits per heavy atom. The molecular formula is C22H30I5O6V2. The number of esters is 2. The summed E-state index contributed by atoms with van der Waals surface area (Å²) < 4.78 is 10.0. The van der Waals surface area contributed by atoms with E-state index in [-0.39, 0.29) is 34.5 Å². The van der Waals surface area contributed by atoms with Gasteiger partial charge in [0.25, 0.3) is 0 Å². The number of ketones is 2. The van der Waals surface area contributed by atoms with Crippen LogP contribution in [-0.2, 0) is 43.0 Å². The molecule has 0 heterocycles. The third-order valence-corrected chi connectivity index (χ3v) is 4.50. The van der Waals surface area contributed by atoms with Gasteiger partial charge in [-0.3, -0.25) is 19.2 Å². The fraction of sp³-hybridized carbons (Fsp3) is 0.545. The minimum atomic E-state index is -0.580. The summed E-state index contributed by atoms with van der Waals surface area (Å²) >= 11 is 12.1. The van der Waals surface area contributed by atoms with E-state index in [1.807, 2.05) is 13.8 Å². The van der Waals surface area contributed by atoms with Gasteiger partial charge in [0.15, 0.2) is 11.6 Å². The second-order valence-corrected chi connectivity index (χ2v) is 55.8. The molecule has 1 unspecified atom stereocenters. The molecule has 6 nitrogen and oxygen atoms in total. The van der Waals surface area contributed by atoms with Crippen LogP contribution in [0.4, 0.5) is 0 Å². The minimum absolute atomic E-state index is 0.0633. The topological polar surface area (TPSA) is 86.7 Å². The molecule has 0 aromatic heterocycles. The third-order valence-electron chi connectivity index (χ3n) is 4.50. The summed E-state index contributed by atoms with van der Waals surface area (Å²) in [6.45, 7) is 13.6. The second-order valence-electron chi connectivity index (χ2n) is 8.69. The van der Waals surface area contributed by atoms with Crippen LogP contribution in [0.5, 0.6) is 0 Å². The van der Waals surface area contributed by atoms with E-state index >= 15 is 0 Å². The first-order chi connectivity index (χ1) is 15.8. The van der Waals surface area contributed by atoms with E-state index in [2.05, 4.69) is 99.9 Å². The zero-order valence-corrected chi connectivity index (χ0v) is 34.3. The Balaban J connectivity index is 0. The number of hydrogen-bond acceptors (Lipinski definition) is 6. The van der Waals surface area contributed by atoms with Crippen LogP contribution in [0.2, 0.25) is 0 Å². The van der Waals surface area contributed by atoms with Gasteiger partial charge in [-0.25, -0.2) is 0 Å². The normalized spacial score (nSPS) is 19.6. The first kappa shape index (κ1) is 39.5. The van der Waals surface area contributed by atoms with Gasteiger partial charge in [0.1, 0.15) is 11.9 Å². The number of carbonyl (C=O) groups excluding carboxylic acids is 4. The molecule has 0 N–H and O–H groups in total. The monoisotopic (exact) mass is 1130 g/mol. The van der Waals surface area contributed by atoms with Crippen molar-refractivity contribution in [2.45, 2.75) is 67.9 Å². The van der Waals surface area contributed by atoms with Crippen molar-refractivity contribution in [2.24, 2.45) is 10.8 Å². The van der Waals surface area contributed by atoms with Crippen molar-refractivity contribution in [3.63, 3.8) is 0 Å². The van der Waals surface area contributed by atoms with Gasteiger partial charge in [-0.2, -0.15) is 0 Å². The Bertz CT molecular complexity index is 862. The van der Waals surface area contributed by atoms with Gasteiger partial charge in [-0.05, 0) is 57.1 Å². The van der Waals surface area contributed by atoms with E-state index in [1.54, 1.807) is 45.9 Å². The Morgan fingerprint density at radius 2 is 1.43 bits per heavy atom.